The number of hydrogen-bond donors (Lipinski definition) is 3. The Balaban J connectivity index is 1.59. The zero-order valence-electron chi connectivity index (χ0n) is 10.5. The fourth-order valence-electron chi connectivity index (χ4n) is 2.81. The number of carboxylic acids is 1. The van der Waals surface area contributed by atoms with E-state index >= 15 is 0 Å². The third-order valence-corrected chi connectivity index (χ3v) is 3.72. The van der Waals surface area contributed by atoms with E-state index < -0.39 is 5.97 Å². The molecule has 0 spiro atoms. The van der Waals surface area contributed by atoms with E-state index in [1.807, 2.05) is 0 Å². The molecule has 3 N–H and O–H groups in total. The Bertz CT molecular complexity index is 310. The van der Waals surface area contributed by atoms with E-state index in [0.29, 0.717) is 31.3 Å². The summed E-state index contributed by atoms with van der Waals surface area (Å²) in [5, 5.41) is 14.6. The van der Waals surface area contributed by atoms with E-state index in [-0.39, 0.29) is 12.3 Å². The van der Waals surface area contributed by atoms with Crippen LogP contribution in [-0.4, -0.2) is 61.2 Å². The van der Waals surface area contributed by atoms with Gasteiger partial charge in [-0.25, -0.2) is 0 Å². The van der Waals surface area contributed by atoms with Gasteiger partial charge in [-0.3, -0.25) is 14.5 Å². The lowest BCUT2D eigenvalue weighted by atomic mass is 10.0. The highest BCUT2D eigenvalue weighted by atomic mass is 16.4. The Morgan fingerprint density at radius 1 is 1.28 bits per heavy atom. The zero-order chi connectivity index (χ0) is 13.0. The highest BCUT2D eigenvalue weighted by Crippen LogP contribution is 2.25. The van der Waals surface area contributed by atoms with Gasteiger partial charge in [0.15, 0.2) is 0 Å². The summed E-state index contributed by atoms with van der Waals surface area (Å²) in [4.78, 5) is 24.2. The smallest absolute Gasteiger partial charge is 0.303 e. The zero-order valence-corrected chi connectivity index (χ0v) is 10.5. The predicted molar refractivity (Wildman–Crippen MR) is 66.2 cm³/mol. The number of fused-ring (bicyclic) bond motifs is 1. The summed E-state index contributed by atoms with van der Waals surface area (Å²) in [6.07, 6.45) is 0.607. The molecule has 2 saturated heterocycles. The third kappa shape index (κ3) is 3.68. The van der Waals surface area contributed by atoms with Gasteiger partial charge in [0.1, 0.15) is 0 Å². The van der Waals surface area contributed by atoms with Crippen molar-refractivity contribution in [1.82, 2.24) is 15.5 Å². The minimum absolute atomic E-state index is 0.00771. The molecule has 102 valence electrons. The lowest BCUT2D eigenvalue weighted by molar-refractivity contribution is -0.137. The summed E-state index contributed by atoms with van der Waals surface area (Å²) in [5.41, 5.74) is 0. The molecule has 0 aromatic rings. The van der Waals surface area contributed by atoms with Crippen molar-refractivity contribution in [3.63, 3.8) is 0 Å². The van der Waals surface area contributed by atoms with Crippen molar-refractivity contribution < 1.29 is 14.7 Å². The Hall–Kier alpha value is -1.14. The van der Waals surface area contributed by atoms with E-state index in [2.05, 4.69) is 15.5 Å². The number of carboxylic acid groups (broad SMARTS) is 1. The number of hydrogen-bond acceptors (Lipinski definition) is 4. The Kier molecular flexibility index (Phi) is 4.54. The van der Waals surface area contributed by atoms with E-state index in [1.54, 1.807) is 0 Å². The number of amides is 1. The largest absolute Gasteiger partial charge is 0.481 e. The van der Waals surface area contributed by atoms with E-state index in [1.165, 1.54) is 0 Å². The Morgan fingerprint density at radius 3 is 2.56 bits per heavy atom. The van der Waals surface area contributed by atoms with Gasteiger partial charge < -0.3 is 15.7 Å². The summed E-state index contributed by atoms with van der Waals surface area (Å²) in [7, 11) is 0. The SMILES string of the molecule is O=C(O)CCCNC(=O)CN1CC2CNCC2C1. The number of carbonyl (C=O) groups is 2. The van der Waals surface area contributed by atoms with Crippen molar-refractivity contribution in [3.8, 4) is 0 Å². The van der Waals surface area contributed by atoms with Crippen LogP contribution in [0.3, 0.4) is 0 Å². The Labute approximate surface area is 107 Å². The molecule has 0 aromatic carbocycles. The number of rotatable bonds is 6. The second-order valence-electron chi connectivity index (χ2n) is 5.22. The molecule has 0 bridgehead atoms. The molecule has 2 heterocycles. The van der Waals surface area contributed by atoms with Gasteiger partial charge in [0.25, 0.3) is 0 Å². The van der Waals surface area contributed by atoms with Crippen LogP contribution in [0.15, 0.2) is 0 Å². The monoisotopic (exact) mass is 255 g/mol. The molecule has 2 aliphatic rings. The van der Waals surface area contributed by atoms with E-state index in [0.717, 1.165) is 26.2 Å². The molecule has 1 amide bonds. The molecule has 2 aliphatic heterocycles. The van der Waals surface area contributed by atoms with E-state index in [4.69, 9.17) is 5.11 Å². The summed E-state index contributed by atoms with van der Waals surface area (Å²) in [5.74, 6) is 0.590. The van der Waals surface area contributed by atoms with Crippen LogP contribution in [0.5, 0.6) is 0 Å². The fourth-order valence-corrected chi connectivity index (χ4v) is 2.81. The standard InChI is InChI=1S/C12H21N3O3/c16-11(14-3-1-2-12(17)18)8-15-6-9-4-13-5-10(9)7-15/h9-10,13H,1-8H2,(H,14,16)(H,17,18). The highest BCUT2D eigenvalue weighted by molar-refractivity contribution is 5.78. The van der Waals surface area contributed by atoms with Crippen molar-refractivity contribution in [3.05, 3.63) is 0 Å². The molecule has 2 rings (SSSR count). The molecule has 2 atom stereocenters. The lowest BCUT2D eigenvalue weighted by Gasteiger charge is -2.16. The summed E-state index contributed by atoms with van der Waals surface area (Å²) >= 11 is 0. The summed E-state index contributed by atoms with van der Waals surface area (Å²) in [6, 6.07) is 0. The van der Waals surface area contributed by atoms with Gasteiger partial charge in [-0.05, 0) is 31.3 Å². The number of nitrogens with zero attached hydrogens (tertiary/aromatic N) is 1. The van der Waals surface area contributed by atoms with Crippen LogP contribution in [0.25, 0.3) is 0 Å². The predicted octanol–water partition coefficient (Wildman–Crippen LogP) is -0.881. The van der Waals surface area contributed by atoms with Crippen molar-refractivity contribution in [2.24, 2.45) is 11.8 Å². The van der Waals surface area contributed by atoms with E-state index in [9.17, 15) is 9.59 Å². The van der Waals surface area contributed by atoms with Gasteiger partial charge in [0, 0.05) is 26.1 Å². The number of aliphatic carboxylic acids is 1. The van der Waals surface area contributed by atoms with Crippen LogP contribution in [0.1, 0.15) is 12.8 Å². The second-order valence-corrected chi connectivity index (χ2v) is 5.22. The van der Waals surface area contributed by atoms with Gasteiger partial charge in [-0.15, -0.1) is 0 Å². The van der Waals surface area contributed by atoms with Crippen LogP contribution < -0.4 is 10.6 Å². The maximum Gasteiger partial charge on any atom is 0.303 e. The third-order valence-electron chi connectivity index (χ3n) is 3.72. The maximum atomic E-state index is 11.6. The first-order chi connectivity index (χ1) is 8.65. The molecular formula is C12H21N3O3. The lowest BCUT2D eigenvalue weighted by Crippen LogP contribution is -2.37. The van der Waals surface area contributed by atoms with Crippen LogP contribution in [0.2, 0.25) is 0 Å². The molecule has 6 nitrogen and oxygen atoms in total. The summed E-state index contributed by atoms with van der Waals surface area (Å²) < 4.78 is 0. The minimum atomic E-state index is -0.816. The first kappa shape index (κ1) is 13.3. The van der Waals surface area contributed by atoms with Crippen molar-refractivity contribution in [2.75, 3.05) is 39.3 Å². The first-order valence-electron chi connectivity index (χ1n) is 6.56. The fraction of sp³-hybridized carbons (Fsp3) is 0.833. The topological polar surface area (TPSA) is 81.7 Å². The Morgan fingerprint density at radius 2 is 1.94 bits per heavy atom. The molecule has 18 heavy (non-hydrogen) atoms. The normalized spacial score (nSPS) is 27.1. The molecule has 0 aliphatic carbocycles. The molecule has 2 fully saturated rings. The molecule has 0 radical (unpaired) electrons. The van der Waals surface area contributed by atoms with Gasteiger partial charge in [-0.2, -0.15) is 0 Å². The highest BCUT2D eigenvalue weighted by Gasteiger charge is 2.36. The average molecular weight is 255 g/mol. The van der Waals surface area contributed by atoms with Gasteiger partial charge >= 0.3 is 5.97 Å². The average Bonchev–Trinajstić information content (AvgIpc) is 2.84. The molecule has 0 aromatic heterocycles. The van der Waals surface area contributed by atoms with Crippen LogP contribution in [-0.2, 0) is 9.59 Å². The van der Waals surface area contributed by atoms with Crippen LogP contribution in [0.4, 0.5) is 0 Å². The number of likely N-dealkylation sites (tertiary alicyclic amines) is 1. The molecule has 6 heteroatoms. The minimum Gasteiger partial charge on any atom is -0.481 e. The summed E-state index contributed by atoms with van der Waals surface area (Å²) in [6.45, 7) is 5.04. The molecule has 0 saturated carbocycles. The number of carbonyl (C=O) groups excluding carboxylic acids is 1. The molecule has 2 unspecified atom stereocenters. The van der Waals surface area contributed by atoms with Crippen molar-refractivity contribution in [1.29, 1.82) is 0 Å². The van der Waals surface area contributed by atoms with Crippen LogP contribution >= 0.6 is 0 Å². The quantitative estimate of drug-likeness (QED) is 0.537. The van der Waals surface area contributed by atoms with Crippen LogP contribution in [0, 0.1) is 11.8 Å². The molecular weight excluding hydrogens is 234 g/mol. The number of nitrogens with one attached hydrogen (secondary N) is 2. The maximum absolute atomic E-state index is 11.6. The second kappa shape index (κ2) is 6.15. The van der Waals surface area contributed by atoms with Crippen molar-refractivity contribution in [2.45, 2.75) is 12.8 Å². The van der Waals surface area contributed by atoms with Gasteiger partial charge in [0.2, 0.25) is 5.91 Å². The first-order valence-corrected chi connectivity index (χ1v) is 6.56. The van der Waals surface area contributed by atoms with Crippen molar-refractivity contribution >= 4 is 11.9 Å². The van der Waals surface area contributed by atoms with Gasteiger partial charge in [0.05, 0.1) is 6.54 Å². The van der Waals surface area contributed by atoms with Gasteiger partial charge in [-0.1, -0.05) is 0 Å².